The van der Waals surface area contributed by atoms with E-state index in [1.54, 1.807) is 19.1 Å². The third-order valence-corrected chi connectivity index (χ3v) is 4.38. The Morgan fingerprint density at radius 3 is 2.65 bits per heavy atom. The Morgan fingerprint density at radius 1 is 1.45 bits per heavy atom. The van der Waals surface area contributed by atoms with Gasteiger partial charge in [0.05, 0.1) is 10.5 Å². The van der Waals surface area contributed by atoms with Crippen molar-refractivity contribution in [1.82, 2.24) is 5.32 Å². The van der Waals surface area contributed by atoms with E-state index >= 15 is 0 Å². The SMILES string of the molecule is Cc1cccc([N+](=O)[O-])c1C(=O)NC1(CCl)CCCC1. The fourth-order valence-corrected chi connectivity index (χ4v) is 3.08. The van der Waals surface area contributed by atoms with Crippen LogP contribution in [0, 0.1) is 17.0 Å². The van der Waals surface area contributed by atoms with Gasteiger partial charge >= 0.3 is 0 Å². The van der Waals surface area contributed by atoms with E-state index in [0.29, 0.717) is 11.4 Å². The first-order chi connectivity index (χ1) is 9.49. The number of nitro benzene ring substituents is 1. The molecule has 1 aliphatic carbocycles. The zero-order valence-corrected chi connectivity index (χ0v) is 12.1. The van der Waals surface area contributed by atoms with Gasteiger partial charge in [-0.1, -0.05) is 25.0 Å². The standard InChI is InChI=1S/C14H17ClN2O3/c1-10-5-4-6-11(17(19)20)12(10)13(18)16-14(9-15)7-2-3-8-14/h4-6H,2-3,7-9H2,1H3,(H,16,18). The molecule has 0 saturated heterocycles. The van der Waals surface area contributed by atoms with E-state index in [-0.39, 0.29) is 11.3 Å². The number of carbonyl (C=O) groups excluding carboxylic acids is 1. The minimum absolute atomic E-state index is 0.133. The Balaban J connectivity index is 2.32. The molecule has 0 bridgehead atoms. The minimum atomic E-state index is -0.524. The third-order valence-electron chi connectivity index (χ3n) is 3.87. The largest absolute Gasteiger partial charge is 0.345 e. The van der Waals surface area contributed by atoms with E-state index in [9.17, 15) is 14.9 Å². The number of nitro groups is 1. The van der Waals surface area contributed by atoms with Crippen molar-refractivity contribution >= 4 is 23.2 Å². The molecule has 0 aromatic heterocycles. The highest BCUT2D eigenvalue weighted by Gasteiger charge is 2.36. The van der Waals surface area contributed by atoms with Crippen LogP contribution in [-0.2, 0) is 0 Å². The predicted octanol–water partition coefficient (Wildman–Crippen LogP) is 3.18. The lowest BCUT2D eigenvalue weighted by molar-refractivity contribution is -0.385. The molecule has 20 heavy (non-hydrogen) atoms. The van der Waals surface area contributed by atoms with Crippen LogP contribution in [0.25, 0.3) is 0 Å². The van der Waals surface area contributed by atoms with Gasteiger partial charge in [0.2, 0.25) is 0 Å². The number of hydrogen-bond donors (Lipinski definition) is 1. The van der Waals surface area contributed by atoms with E-state index in [4.69, 9.17) is 11.6 Å². The molecule has 0 radical (unpaired) electrons. The number of rotatable bonds is 4. The molecule has 1 aromatic carbocycles. The highest BCUT2D eigenvalue weighted by atomic mass is 35.5. The van der Waals surface area contributed by atoms with Crippen LogP contribution < -0.4 is 5.32 Å². The number of aryl methyl sites for hydroxylation is 1. The molecule has 0 heterocycles. The highest BCUT2D eigenvalue weighted by molar-refractivity contribution is 6.19. The Hall–Kier alpha value is -1.62. The lowest BCUT2D eigenvalue weighted by Crippen LogP contribution is -2.48. The Labute approximate surface area is 122 Å². The molecular weight excluding hydrogens is 280 g/mol. The first-order valence-corrected chi connectivity index (χ1v) is 7.15. The number of nitrogens with one attached hydrogen (secondary N) is 1. The molecule has 1 aliphatic rings. The van der Waals surface area contributed by atoms with E-state index < -0.39 is 16.4 Å². The summed E-state index contributed by atoms with van der Waals surface area (Å²) < 4.78 is 0. The van der Waals surface area contributed by atoms with Crippen LogP contribution in [0.4, 0.5) is 5.69 Å². The summed E-state index contributed by atoms with van der Waals surface area (Å²) in [5.74, 6) is -0.0735. The quantitative estimate of drug-likeness (QED) is 0.527. The van der Waals surface area contributed by atoms with Crippen molar-refractivity contribution in [3.8, 4) is 0 Å². The Morgan fingerprint density at radius 2 is 2.10 bits per heavy atom. The summed E-state index contributed by atoms with van der Waals surface area (Å²) in [6.45, 7) is 1.70. The van der Waals surface area contributed by atoms with Crippen molar-refractivity contribution < 1.29 is 9.72 Å². The Kier molecular flexibility index (Phi) is 4.28. The first-order valence-electron chi connectivity index (χ1n) is 6.61. The number of benzene rings is 1. The van der Waals surface area contributed by atoms with Gasteiger partial charge in [-0.2, -0.15) is 0 Å². The third kappa shape index (κ3) is 2.77. The lowest BCUT2D eigenvalue weighted by Gasteiger charge is -2.28. The topological polar surface area (TPSA) is 72.2 Å². The fraction of sp³-hybridized carbons (Fsp3) is 0.500. The van der Waals surface area contributed by atoms with Crippen molar-refractivity contribution in [2.75, 3.05) is 5.88 Å². The molecule has 0 unspecified atom stereocenters. The average molecular weight is 297 g/mol. The molecule has 0 spiro atoms. The zero-order valence-electron chi connectivity index (χ0n) is 11.3. The van der Waals surface area contributed by atoms with Crippen LogP contribution in [0.2, 0.25) is 0 Å². The molecule has 6 heteroatoms. The molecule has 0 aliphatic heterocycles. The molecule has 0 atom stereocenters. The van der Waals surface area contributed by atoms with Crippen molar-refractivity contribution in [2.24, 2.45) is 0 Å². The van der Waals surface area contributed by atoms with Gasteiger partial charge < -0.3 is 5.32 Å². The summed E-state index contributed by atoms with van der Waals surface area (Å²) in [6, 6.07) is 4.63. The molecule has 2 rings (SSSR count). The number of alkyl halides is 1. The van der Waals surface area contributed by atoms with Gasteiger partial charge in [0.1, 0.15) is 5.56 Å². The summed E-state index contributed by atoms with van der Waals surface area (Å²) in [5.41, 5.74) is 0.146. The fourth-order valence-electron chi connectivity index (χ4n) is 2.75. The number of hydrogen-bond acceptors (Lipinski definition) is 3. The highest BCUT2D eigenvalue weighted by Crippen LogP contribution is 2.32. The number of amides is 1. The molecule has 1 saturated carbocycles. The monoisotopic (exact) mass is 296 g/mol. The molecule has 5 nitrogen and oxygen atoms in total. The second-order valence-electron chi connectivity index (χ2n) is 5.30. The second kappa shape index (κ2) is 5.79. The van der Waals surface area contributed by atoms with Gasteiger partial charge in [0.15, 0.2) is 0 Å². The number of halogens is 1. The first kappa shape index (κ1) is 14.8. The van der Waals surface area contributed by atoms with E-state index in [2.05, 4.69) is 5.32 Å². The average Bonchev–Trinajstić information content (AvgIpc) is 2.87. The van der Waals surface area contributed by atoms with Crippen molar-refractivity contribution in [3.05, 3.63) is 39.4 Å². The molecule has 1 aromatic rings. The summed E-state index contributed by atoms with van der Waals surface area (Å²) in [5, 5.41) is 14.0. The van der Waals surface area contributed by atoms with E-state index in [1.807, 2.05) is 0 Å². The lowest BCUT2D eigenvalue weighted by atomic mass is 9.98. The van der Waals surface area contributed by atoms with Crippen LogP contribution in [-0.4, -0.2) is 22.2 Å². The van der Waals surface area contributed by atoms with Crippen LogP contribution in [0.15, 0.2) is 18.2 Å². The van der Waals surface area contributed by atoms with Gasteiger partial charge in [-0.05, 0) is 25.3 Å². The van der Waals surface area contributed by atoms with Crippen LogP contribution >= 0.6 is 11.6 Å². The maximum Gasteiger partial charge on any atom is 0.282 e. The smallest absolute Gasteiger partial charge is 0.282 e. The maximum absolute atomic E-state index is 12.4. The zero-order chi connectivity index (χ0) is 14.8. The summed E-state index contributed by atoms with van der Waals surface area (Å²) in [6.07, 6.45) is 3.68. The van der Waals surface area contributed by atoms with Gasteiger partial charge in [-0.15, -0.1) is 11.6 Å². The van der Waals surface area contributed by atoms with Gasteiger partial charge in [-0.3, -0.25) is 14.9 Å². The van der Waals surface area contributed by atoms with Crippen molar-refractivity contribution in [2.45, 2.75) is 38.1 Å². The van der Waals surface area contributed by atoms with Crippen LogP contribution in [0.1, 0.15) is 41.6 Å². The molecule has 108 valence electrons. The van der Waals surface area contributed by atoms with Gasteiger partial charge in [0.25, 0.3) is 11.6 Å². The second-order valence-corrected chi connectivity index (χ2v) is 5.57. The molecule has 1 N–H and O–H groups in total. The van der Waals surface area contributed by atoms with Crippen molar-refractivity contribution in [3.63, 3.8) is 0 Å². The molecule has 1 amide bonds. The molecular formula is C14H17ClN2O3. The predicted molar refractivity (Wildman–Crippen MR) is 77.2 cm³/mol. The van der Waals surface area contributed by atoms with Gasteiger partial charge in [-0.25, -0.2) is 0 Å². The minimum Gasteiger partial charge on any atom is -0.345 e. The van der Waals surface area contributed by atoms with Crippen LogP contribution in [0.5, 0.6) is 0 Å². The Bertz CT molecular complexity index is 539. The maximum atomic E-state index is 12.4. The number of carbonyl (C=O) groups is 1. The molecule has 1 fully saturated rings. The summed E-state index contributed by atoms with van der Waals surface area (Å²) in [4.78, 5) is 23.0. The van der Waals surface area contributed by atoms with E-state index in [1.165, 1.54) is 6.07 Å². The summed E-state index contributed by atoms with van der Waals surface area (Å²) >= 11 is 5.99. The van der Waals surface area contributed by atoms with Crippen molar-refractivity contribution in [1.29, 1.82) is 0 Å². The normalized spacial score (nSPS) is 16.9. The number of nitrogens with zero attached hydrogens (tertiary/aromatic N) is 1. The van der Waals surface area contributed by atoms with E-state index in [0.717, 1.165) is 25.7 Å². The van der Waals surface area contributed by atoms with Gasteiger partial charge in [0, 0.05) is 11.9 Å². The summed E-state index contributed by atoms with van der Waals surface area (Å²) in [7, 11) is 0. The van der Waals surface area contributed by atoms with Crippen LogP contribution in [0.3, 0.4) is 0 Å².